The molecule has 0 unspecified atom stereocenters. The van der Waals surface area contributed by atoms with E-state index >= 15 is 0 Å². The number of hydrogen-bond donors (Lipinski definition) is 2. The summed E-state index contributed by atoms with van der Waals surface area (Å²) in [7, 11) is 0. The molecule has 0 aromatic heterocycles. The van der Waals surface area contributed by atoms with E-state index in [2.05, 4.69) is 5.32 Å². The van der Waals surface area contributed by atoms with Gasteiger partial charge in [-0.25, -0.2) is 0 Å². The third-order valence-electron chi connectivity index (χ3n) is 3.34. The number of anilines is 1. The number of ether oxygens (including phenoxy) is 1. The van der Waals surface area contributed by atoms with E-state index in [-0.39, 0.29) is 12.5 Å². The SMILES string of the molecule is CC.C\C=C/C(/C=C/c1cc(C)c2c(c1)NC(=O)CO2)=C\C(C)=C\O. The first-order valence-electron chi connectivity index (χ1n) is 8.44. The molecule has 0 fully saturated rings. The predicted octanol–water partition coefficient (Wildman–Crippen LogP) is 5.33. The van der Waals surface area contributed by atoms with E-state index < -0.39 is 0 Å². The van der Waals surface area contributed by atoms with Crippen LogP contribution in [0.1, 0.15) is 38.8 Å². The molecule has 4 nitrogen and oxygen atoms in total. The molecule has 1 aliphatic heterocycles. The van der Waals surface area contributed by atoms with Gasteiger partial charge in [0.2, 0.25) is 0 Å². The summed E-state index contributed by atoms with van der Waals surface area (Å²) < 4.78 is 5.46. The van der Waals surface area contributed by atoms with Gasteiger partial charge >= 0.3 is 0 Å². The Morgan fingerprint density at radius 2 is 2.00 bits per heavy atom. The lowest BCUT2D eigenvalue weighted by molar-refractivity contribution is -0.118. The summed E-state index contributed by atoms with van der Waals surface area (Å²) in [5.41, 5.74) is 4.37. The molecule has 1 aliphatic rings. The Morgan fingerprint density at radius 3 is 2.64 bits per heavy atom. The van der Waals surface area contributed by atoms with Crippen molar-refractivity contribution in [2.45, 2.75) is 34.6 Å². The molecule has 0 aliphatic carbocycles. The van der Waals surface area contributed by atoms with Crippen LogP contribution in [0, 0.1) is 6.92 Å². The fourth-order valence-electron chi connectivity index (χ4n) is 2.34. The molecule has 4 heteroatoms. The van der Waals surface area contributed by atoms with Gasteiger partial charge in [0.1, 0.15) is 5.75 Å². The van der Waals surface area contributed by atoms with Crippen LogP contribution >= 0.6 is 0 Å². The lowest BCUT2D eigenvalue weighted by atomic mass is 10.1. The molecule has 1 aromatic carbocycles. The van der Waals surface area contributed by atoms with Gasteiger partial charge in [-0.05, 0) is 61.3 Å². The molecule has 1 aromatic rings. The highest BCUT2D eigenvalue weighted by Crippen LogP contribution is 2.33. The summed E-state index contributed by atoms with van der Waals surface area (Å²) in [6, 6.07) is 3.90. The maximum Gasteiger partial charge on any atom is 0.262 e. The predicted molar refractivity (Wildman–Crippen MR) is 105 cm³/mol. The molecular formula is C21H27NO3. The zero-order valence-electron chi connectivity index (χ0n) is 15.6. The van der Waals surface area contributed by atoms with Crippen molar-refractivity contribution < 1.29 is 14.6 Å². The molecule has 0 radical (unpaired) electrons. The van der Waals surface area contributed by atoms with Crippen LogP contribution in [0.15, 0.2) is 53.8 Å². The third-order valence-corrected chi connectivity index (χ3v) is 3.34. The van der Waals surface area contributed by atoms with Crippen LogP contribution in [-0.4, -0.2) is 17.6 Å². The zero-order valence-corrected chi connectivity index (χ0v) is 15.6. The van der Waals surface area contributed by atoms with Gasteiger partial charge in [-0.3, -0.25) is 4.79 Å². The normalized spacial score (nSPS) is 14.7. The van der Waals surface area contributed by atoms with E-state index in [1.165, 1.54) is 0 Å². The standard InChI is InChI=1S/C19H21NO3.C2H6/c1-4-5-15(8-13(2)11-21)6-7-16-9-14(3)19-17(10-16)20-18(22)12-23-19;1-2/h4-11,21H,12H2,1-3H3,(H,20,22);1-2H3/b5-4-,7-6+,13-11+,15-8+;. The van der Waals surface area contributed by atoms with Crippen LogP contribution in [0.25, 0.3) is 6.08 Å². The summed E-state index contributed by atoms with van der Waals surface area (Å²) in [6.07, 6.45) is 10.8. The summed E-state index contributed by atoms with van der Waals surface area (Å²) in [5, 5.41) is 11.8. The van der Waals surface area contributed by atoms with Crippen LogP contribution in [0.4, 0.5) is 5.69 Å². The number of carbonyl (C=O) groups is 1. The molecule has 1 amide bonds. The highest BCUT2D eigenvalue weighted by atomic mass is 16.5. The largest absolute Gasteiger partial charge is 0.515 e. The number of benzene rings is 1. The summed E-state index contributed by atoms with van der Waals surface area (Å²) >= 11 is 0. The van der Waals surface area contributed by atoms with E-state index in [9.17, 15) is 4.79 Å². The van der Waals surface area contributed by atoms with E-state index in [1.54, 1.807) is 0 Å². The second kappa shape index (κ2) is 10.2. The number of allylic oxidation sites excluding steroid dienone is 6. The van der Waals surface area contributed by atoms with Crippen molar-refractivity contribution >= 4 is 17.7 Å². The van der Waals surface area contributed by atoms with Crippen molar-refractivity contribution in [2.75, 3.05) is 11.9 Å². The fourth-order valence-corrected chi connectivity index (χ4v) is 2.34. The number of hydrogen-bond acceptors (Lipinski definition) is 3. The van der Waals surface area contributed by atoms with Gasteiger partial charge < -0.3 is 15.2 Å². The molecular weight excluding hydrogens is 314 g/mol. The lowest BCUT2D eigenvalue weighted by Crippen LogP contribution is -2.25. The number of aliphatic hydroxyl groups excluding tert-OH is 1. The number of aryl methyl sites for hydroxylation is 1. The number of aliphatic hydroxyl groups is 1. The lowest BCUT2D eigenvalue weighted by Gasteiger charge is -2.20. The van der Waals surface area contributed by atoms with Crippen LogP contribution in [0.2, 0.25) is 0 Å². The van der Waals surface area contributed by atoms with Crippen molar-refractivity contribution in [1.29, 1.82) is 0 Å². The third kappa shape index (κ3) is 5.99. The number of rotatable bonds is 4. The Labute approximate surface area is 150 Å². The Morgan fingerprint density at radius 1 is 1.28 bits per heavy atom. The van der Waals surface area contributed by atoms with Gasteiger partial charge in [-0.15, -0.1) is 0 Å². The molecule has 2 N–H and O–H groups in total. The molecule has 0 saturated carbocycles. The minimum Gasteiger partial charge on any atom is -0.515 e. The zero-order chi connectivity index (χ0) is 18.8. The topological polar surface area (TPSA) is 58.6 Å². The monoisotopic (exact) mass is 341 g/mol. The van der Waals surface area contributed by atoms with Gasteiger partial charge in [0.15, 0.2) is 6.61 Å². The van der Waals surface area contributed by atoms with Crippen LogP contribution < -0.4 is 10.1 Å². The number of fused-ring (bicyclic) bond motifs is 1. The number of carbonyl (C=O) groups excluding carboxylic acids is 1. The molecule has 0 atom stereocenters. The van der Waals surface area contributed by atoms with E-state index in [0.29, 0.717) is 5.69 Å². The second-order valence-corrected chi connectivity index (χ2v) is 5.40. The van der Waals surface area contributed by atoms with Crippen LogP contribution in [0.3, 0.4) is 0 Å². The first kappa shape index (κ1) is 20.3. The molecule has 1 heterocycles. The van der Waals surface area contributed by atoms with Gasteiger partial charge in [0.25, 0.3) is 5.91 Å². The molecule has 2 rings (SSSR count). The smallest absolute Gasteiger partial charge is 0.262 e. The molecule has 134 valence electrons. The molecule has 0 saturated heterocycles. The first-order chi connectivity index (χ1) is 12.0. The average Bonchev–Trinajstić information content (AvgIpc) is 2.61. The molecule has 0 bridgehead atoms. The maximum atomic E-state index is 11.5. The minimum atomic E-state index is -0.142. The summed E-state index contributed by atoms with van der Waals surface area (Å²) in [5.74, 6) is 0.585. The number of amides is 1. The van der Waals surface area contributed by atoms with Crippen molar-refractivity contribution in [2.24, 2.45) is 0 Å². The van der Waals surface area contributed by atoms with Crippen molar-refractivity contribution in [3.63, 3.8) is 0 Å². The van der Waals surface area contributed by atoms with Gasteiger partial charge in [-0.1, -0.05) is 38.2 Å². The Balaban J connectivity index is 0.00000151. The quantitative estimate of drug-likeness (QED) is 0.575. The van der Waals surface area contributed by atoms with Gasteiger partial charge in [0.05, 0.1) is 11.9 Å². The Kier molecular flexibility index (Phi) is 8.27. The van der Waals surface area contributed by atoms with Gasteiger partial charge in [0, 0.05) is 0 Å². The van der Waals surface area contributed by atoms with E-state index in [0.717, 1.165) is 34.3 Å². The van der Waals surface area contributed by atoms with E-state index in [1.807, 2.05) is 77.1 Å². The summed E-state index contributed by atoms with van der Waals surface area (Å²) in [6.45, 7) is 9.78. The molecule has 0 spiro atoms. The maximum absolute atomic E-state index is 11.5. The minimum absolute atomic E-state index is 0.0595. The average molecular weight is 341 g/mol. The second-order valence-electron chi connectivity index (χ2n) is 5.40. The first-order valence-corrected chi connectivity index (χ1v) is 8.44. The fraction of sp³-hybridized carbons (Fsp3) is 0.286. The van der Waals surface area contributed by atoms with Crippen LogP contribution in [0.5, 0.6) is 5.75 Å². The number of nitrogens with one attached hydrogen (secondary N) is 1. The molecule has 25 heavy (non-hydrogen) atoms. The van der Waals surface area contributed by atoms with Crippen LogP contribution in [-0.2, 0) is 4.79 Å². The highest BCUT2D eigenvalue weighted by molar-refractivity contribution is 5.96. The van der Waals surface area contributed by atoms with Gasteiger partial charge in [-0.2, -0.15) is 0 Å². The van der Waals surface area contributed by atoms with Crippen molar-refractivity contribution in [3.05, 3.63) is 65.0 Å². The Hall–Kier alpha value is -2.75. The van der Waals surface area contributed by atoms with Crippen molar-refractivity contribution in [1.82, 2.24) is 0 Å². The Bertz CT molecular complexity index is 725. The highest BCUT2D eigenvalue weighted by Gasteiger charge is 2.18. The summed E-state index contributed by atoms with van der Waals surface area (Å²) in [4.78, 5) is 11.5. The van der Waals surface area contributed by atoms with Crippen molar-refractivity contribution in [3.8, 4) is 5.75 Å². The van der Waals surface area contributed by atoms with E-state index in [4.69, 9.17) is 9.84 Å².